The fraction of sp³-hybridized carbons (Fsp3) is 0.562. The van der Waals surface area contributed by atoms with Gasteiger partial charge in [-0.1, -0.05) is 12.1 Å². The van der Waals surface area contributed by atoms with Crippen molar-refractivity contribution in [2.75, 3.05) is 5.32 Å². The number of carboxylic acids is 1. The van der Waals surface area contributed by atoms with Gasteiger partial charge in [-0.2, -0.15) is 0 Å². The summed E-state index contributed by atoms with van der Waals surface area (Å²) in [6.07, 6.45) is 4.21. The quantitative estimate of drug-likeness (QED) is 0.874. The van der Waals surface area contributed by atoms with Crippen LogP contribution in [0.1, 0.15) is 35.2 Å². The molecule has 3 nitrogen and oxygen atoms in total. The molecule has 0 aliphatic heterocycles. The van der Waals surface area contributed by atoms with Crippen LogP contribution >= 0.6 is 0 Å². The molecule has 0 spiro atoms. The van der Waals surface area contributed by atoms with E-state index in [1.807, 2.05) is 19.1 Å². The molecule has 3 saturated carbocycles. The van der Waals surface area contributed by atoms with Crippen molar-refractivity contribution in [1.29, 1.82) is 0 Å². The van der Waals surface area contributed by atoms with Gasteiger partial charge in [0.05, 0.1) is 11.3 Å². The second-order valence-corrected chi connectivity index (χ2v) is 6.46. The summed E-state index contributed by atoms with van der Waals surface area (Å²) >= 11 is 0. The highest BCUT2D eigenvalue weighted by Crippen LogP contribution is 2.66. The molecule has 3 fully saturated rings. The molecule has 100 valence electrons. The molecule has 19 heavy (non-hydrogen) atoms. The second kappa shape index (κ2) is 3.75. The molecule has 0 saturated heterocycles. The smallest absolute Gasteiger partial charge is 0.337 e. The van der Waals surface area contributed by atoms with Crippen LogP contribution < -0.4 is 5.32 Å². The predicted molar refractivity (Wildman–Crippen MR) is 73.4 cm³/mol. The molecule has 3 aliphatic rings. The molecule has 1 aromatic rings. The highest BCUT2D eigenvalue weighted by Gasteiger charge is 2.65. The summed E-state index contributed by atoms with van der Waals surface area (Å²) in [5.41, 5.74) is 2.29. The lowest BCUT2D eigenvalue weighted by molar-refractivity contribution is 0.0698. The zero-order valence-electron chi connectivity index (χ0n) is 11.1. The van der Waals surface area contributed by atoms with Gasteiger partial charge in [0, 0.05) is 6.04 Å². The molecule has 3 heteroatoms. The SMILES string of the molecule is Cc1cccc(C(=O)O)c1NC1C2C3CCC(C3)C12. The van der Waals surface area contributed by atoms with Crippen molar-refractivity contribution >= 4 is 11.7 Å². The lowest BCUT2D eigenvalue weighted by Crippen LogP contribution is -2.16. The molecule has 0 amide bonds. The van der Waals surface area contributed by atoms with Gasteiger partial charge in [0.2, 0.25) is 0 Å². The summed E-state index contributed by atoms with van der Waals surface area (Å²) in [4.78, 5) is 11.3. The van der Waals surface area contributed by atoms with Crippen molar-refractivity contribution in [2.45, 2.75) is 32.2 Å². The largest absolute Gasteiger partial charge is 0.478 e. The number of aromatic carboxylic acids is 1. The van der Waals surface area contributed by atoms with E-state index in [9.17, 15) is 9.90 Å². The Morgan fingerprint density at radius 3 is 2.58 bits per heavy atom. The van der Waals surface area contributed by atoms with E-state index in [1.165, 1.54) is 19.3 Å². The summed E-state index contributed by atoms with van der Waals surface area (Å²) in [6.45, 7) is 1.99. The maximum atomic E-state index is 11.3. The van der Waals surface area contributed by atoms with Gasteiger partial charge in [-0.25, -0.2) is 4.79 Å². The van der Waals surface area contributed by atoms with Crippen LogP contribution in [-0.4, -0.2) is 17.1 Å². The average Bonchev–Trinajstić information content (AvgIpc) is 2.79. The number of para-hydroxylation sites is 1. The number of anilines is 1. The summed E-state index contributed by atoms with van der Waals surface area (Å²) in [6, 6.07) is 6.04. The van der Waals surface area contributed by atoms with E-state index >= 15 is 0 Å². The lowest BCUT2D eigenvalue weighted by atomic mass is 10.0. The molecule has 2 N–H and O–H groups in total. The predicted octanol–water partition coefficient (Wildman–Crippen LogP) is 3.15. The first kappa shape index (κ1) is 11.3. The zero-order chi connectivity index (χ0) is 13.1. The summed E-state index contributed by atoms with van der Waals surface area (Å²) < 4.78 is 0. The van der Waals surface area contributed by atoms with Crippen LogP contribution in [0.2, 0.25) is 0 Å². The maximum absolute atomic E-state index is 11.3. The van der Waals surface area contributed by atoms with Gasteiger partial charge in [0.25, 0.3) is 0 Å². The highest BCUT2D eigenvalue weighted by molar-refractivity contribution is 5.95. The molecule has 4 unspecified atom stereocenters. The number of hydrogen-bond acceptors (Lipinski definition) is 2. The van der Waals surface area contributed by atoms with Crippen molar-refractivity contribution in [3.05, 3.63) is 29.3 Å². The number of rotatable bonds is 3. The highest BCUT2D eigenvalue weighted by atomic mass is 16.4. The molecule has 0 radical (unpaired) electrons. The topological polar surface area (TPSA) is 49.3 Å². The number of fused-ring (bicyclic) bond motifs is 5. The molecule has 4 atom stereocenters. The number of benzene rings is 1. The lowest BCUT2D eigenvalue weighted by Gasteiger charge is -2.15. The summed E-state index contributed by atoms with van der Waals surface area (Å²) in [7, 11) is 0. The third-order valence-corrected chi connectivity index (χ3v) is 5.55. The van der Waals surface area contributed by atoms with Gasteiger partial charge < -0.3 is 10.4 Å². The van der Waals surface area contributed by atoms with E-state index in [1.54, 1.807) is 6.07 Å². The van der Waals surface area contributed by atoms with Crippen LogP contribution in [0, 0.1) is 30.6 Å². The molecule has 0 heterocycles. The second-order valence-electron chi connectivity index (χ2n) is 6.46. The fourth-order valence-corrected chi connectivity index (χ4v) is 4.72. The summed E-state index contributed by atoms with van der Waals surface area (Å²) in [5.74, 6) is 2.62. The third kappa shape index (κ3) is 1.54. The Morgan fingerprint density at radius 1 is 1.26 bits per heavy atom. The first-order valence-electron chi connectivity index (χ1n) is 7.26. The first-order valence-corrected chi connectivity index (χ1v) is 7.26. The van der Waals surface area contributed by atoms with E-state index in [4.69, 9.17) is 0 Å². The minimum absolute atomic E-state index is 0.414. The molecule has 2 bridgehead atoms. The van der Waals surface area contributed by atoms with Gasteiger partial charge >= 0.3 is 5.97 Å². The molecular weight excluding hydrogens is 238 g/mol. The Hall–Kier alpha value is -1.51. The van der Waals surface area contributed by atoms with Gasteiger partial charge in [-0.15, -0.1) is 0 Å². The van der Waals surface area contributed by atoms with Gasteiger partial charge in [-0.3, -0.25) is 0 Å². The van der Waals surface area contributed by atoms with Crippen molar-refractivity contribution in [3.8, 4) is 0 Å². The van der Waals surface area contributed by atoms with Crippen molar-refractivity contribution < 1.29 is 9.90 Å². The van der Waals surface area contributed by atoms with Crippen LogP contribution in [0.3, 0.4) is 0 Å². The van der Waals surface area contributed by atoms with Crippen LogP contribution in [0.5, 0.6) is 0 Å². The minimum Gasteiger partial charge on any atom is -0.478 e. The Bertz CT molecular complexity index is 538. The van der Waals surface area contributed by atoms with Gasteiger partial charge in [0.1, 0.15) is 0 Å². The number of carboxylic acid groups (broad SMARTS) is 1. The standard InChI is InChI=1S/C16H19NO2/c1-8-3-2-4-11(16(18)19)14(8)17-15-12-9-5-6-10(7-9)13(12)15/h2-4,9-10,12-13,15,17H,5-7H2,1H3,(H,18,19). The Morgan fingerprint density at radius 2 is 1.95 bits per heavy atom. The minimum atomic E-state index is -0.833. The molecule has 1 aromatic carbocycles. The van der Waals surface area contributed by atoms with Crippen LogP contribution in [0.15, 0.2) is 18.2 Å². The van der Waals surface area contributed by atoms with E-state index in [0.717, 1.165) is 34.9 Å². The van der Waals surface area contributed by atoms with E-state index in [2.05, 4.69) is 5.32 Å². The number of hydrogen-bond donors (Lipinski definition) is 2. The van der Waals surface area contributed by atoms with Gasteiger partial charge in [-0.05, 0) is 61.5 Å². The number of nitrogens with one attached hydrogen (secondary N) is 1. The maximum Gasteiger partial charge on any atom is 0.337 e. The Balaban J connectivity index is 1.60. The van der Waals surface area contributed by atoms with E-state index in [0.29, 0.717) is 11.6 Å². The average molecular weight is 257 g/mol. The Labute approximate surface area is 113 Å². The molecule has 0 aromatic heterocycles. The molecule has 4 rings (SSSR count). The molecular formula is C16H19NO2. The third-order valence-electron chi connectivity index (χ3n) is 5.55. The van der Waals surface area contributed by atoms with E-state index in [-0.39, 0.29) is 0 Å². The zero-order valence-corrected chi connectivity index (χ0v) is 11.1. The van der Waals surface area contributed by atoms with Crippen LogP contribution in [-0.2, 0) is 0 Å². The van der Waals surface area contributed by atoms with Crippen molar-refractivity contribution in [1.82, 2.24) is 0 Å². The normalized spacial score (nSPS) is 38.1. The molecule has 3 aliphatic carbocycles. The van der Waals surface area contributed by atoms with Gasteiger partial charge in [0.15, 0.2) is 0 Å². The first-order chi connectivity index (χ1) is 9.16. The Kier molecular flexibility index (Phi) is 2.23. The van der Waals surface area contributed by atoms with Crippen LogP contribution in [0.4, 0.5) is 5.69 Å². The van der Waals surface area contributed by atoms with Crippen molar-refractivity contribution in [3.63, 3.8) is 0 Å². The number of aryl methyl sites for hydroxylation is 1. The monoisotopic (exact) mass is 257 g/mol. The summed E-state index contributed by atoms with van der Waals surface area (Å²) in [5, 5.41) is 12.9. The van der Waals surface area contributed by atoms with Crippen molar-refractivity contribution in [2.24, 2.45) is 23.7 Å². The fourth-order valence-electron chi connectivity index (χ4n) is 4.72. The van der Waals surface area contributed by atoms with Crippen LogP contribution in [0.25, 0.3) is 0 Å². The van der Waals surface area contributed by atoms with E-state index < -0.39 is 5.97 Å². The number of carbonyl (C=O) groups is 1.